The zero-order valence-electron chi connectivity index (χ0n) is 58.1. The first-order chi connectivity index (χ1) is 42.5. The van der Waals surface area contributed by atoms with Crippen molar-refractivity contribution in [2.75, 3.05) is 13.2 Å². The second-order valence-electron chi connectivity index (χ2n) is 26.7. The van der Waals surface area contributed by atoms with Gasteiger partial charge in [-0.2, -0.15) is 0 Å². The molecule has 0 spiro atoms. The van der Waals surface area contributed by atoms with Crippen LogP contribution in [0.4, 0.5) is 0 Å². The highest BCUT2D eigenvalue weighted by Crippen LogP contribution is 2.19. The molecule has 506 valence electrons. The summed E-state index contributed by atoms with van der Waals surface area (Å²) in [5.41, 5.74) is 0. The number of amides is 1. The summed E-state index contributed by atoms with van der Waals surface area (Å²) in [7, 11) is 0. The SMILES string of the molecule is CCCCC/C=C\C/C=C\CCCCCCCCCCCC(=O)OCCCCCCCCCCCCC/C=C\C/C=C\CCCCCCCCCCCCCCCCCCCC(=O)NC(CO)C(O)CCCCCCCCCCCCCCCCC. The van der Waals surface area contributed by atoms with Crippen molar-refractivity contribution in [3.63, 3.8) is 0 Å². The largest absolute Gasteiger partial charge is 0.466 e. The molecule has 0 bridgehead atoms. The van der Waals surface area contributed by atoms with Gasteiger partial charge in [0.05, 0.1) is 25.4 Å². The fourth-order valence-electron chi connectivity index (χ4n) is 12.2. The van der Waals surface area contributed by atoms with E-state index in [1.165, 1.54) is 334 Å². The molecule has 0 aromatic carbocycles. The minimum Gasteiger partial charge on any atom is -0.466 e. The van der Waals surface area contributed by atoms with E-state index in [0.717, 1.165) is 57.8 Å². The molecule has 0 aliphatic rings. The summed E-state index contributed by atoms with van der Waals surface area (Å²) in [6.45, 7) is 4.96. The minimum absolute atomic E-state index is 0.0134. The standard InChI is InChI=1S/C80H151NO5/c1-3-5-7-9-11-13-15-17-19-20-38-42-46-50-54-58-62-66-70-74-80(85)86-75-71-67-63-59-55-51-47-43-40-37-35-33-31-29-27-25-23-21-22-24-26-28-30-32-34-36-39-41-45-49-53-57-61-65-69-73-79(84)81-77(76-82)78(83)72-68-64-60-56-52-48-44-18-16-14-12-10-8-6-4-2/h11,13,17,19,23,25,29,31,77-78,82-83H,3-10,12,14-16,18,20-22,24,26-28,30,32-76H2,1-2H3,(H,81,84)/b13-11-,19-17-,25-23-,31-29-. The van der Waals surface area contributed by atoms with Crippen LogP contribution in [0.3, 0.4) is 0 Å². The maximum Gasteiger partial charge on any atom is 0.305 e. The fourth-order valence-corrected chi connectivity index (χ4v) is 12.2. The monoisotopic (exact) mass is 1210 g/mol. The molecule has 6 nitrogen and oxygen atoms in total. The van der Waals surface area contributed by atoms with Gasteiger partial charge in [-0.25, -0.2) is 0 Å². The number of nitrogens with one attached hydrogen (secondary N) is 1. The third-order valence-electron chi connectivity index (χ3n) is 18.1. The average molecular weight is 1210 g/mol. The summed E-state index contributed by atoms with van der Waals surface area (Å²) in [5.74, 6) is -0.0165. The summed E-state index contributed by atoms with van der Waals surface area (Å²) < 4.78 is 5.51. The molecule has 0 aromatic heterocycles. The minimum atomic E-state index is -0.663. The van der Waals surface area contributed by atoms with Crippen LogP contribution < -0.4 is 5.32 Å². The molecule has 1 amide bonds. The van der Waals surface area contributed by atoms with E-state index in [1.807, 2.05) is 0 Å². The van der Waals surface area contributed by atoms with Crippen LogP contribution in [0, 0.1) is 0 Å². The predicted octanol–water partition coefficient (Wildman–Crippen LogP) is 25.6. The number of hydrogen-bond donors (Lipinski definition) is 3. The van der Waals surface area contributed by atoms with Crippen molar-refractivity contribution in [1.82, 2.24) is 5.32 Å². The van der Waals surface area contributed by atoms with Gasteiger partial charge in [-0.3, -0.25) is 9.59 Å². The van der Waals surface area contributed by atoms with Crippen molar-refractivity contribution in [3.8, 4) is 0 Å². The second-order valence-corrected chi connectivity index (χ2v) is 26.7. The number of carbonyl (C=O) groups excluding carboxylic acids is 2. The van der Waals surface area contributed by atoms with Crippen LogP contribution >= 0.6 is 0 Å². The van der Waals surface area contributed by atoms with Gasteiger partial charge in [0, 0.05) is 12.8 Å². The van der Waals surface area contributed by atoms with Gasteiger partial charge < -0.3 is 20.3 Å². The van der Waals surface area contributed by atoms with Crippen LogP contribution in [-0.2, 0) is 14.3 Å². The Morgan fingerprint density at radius 2 is 0.581 bits per heavy atom. The number of carbonyl (C=O) groups is 2. The molecule has 0 aliphatic heterocycles. The molecule has 6 heteroatoms. The maximum absolute atomic E-state index is 12.5. The number of esters is 1. The molecule has 0 rings (SSSR count). The van der Waals surface area contributed by atoms with Crippen molar-refractivity contribution >= 4 is 11.9 Å². The Hall–Kier alpha value is -2.18. The van der Waals surface area contributed by atoms with E-state index in [1.54, 1.807) is 0 Å². The highest BCUT2D eigenvalue weighted by molar-refractivity contribution is 5.76. The number of hydrogen-bond acceptors (Lipinski definition) is 5. The quantitative estimate of drug-likeness (QED) is 0.0320. The summed E-state index contributed by atoms with van der Waals surface area (Å²) >= 11 is 0. The molecule has 2 unspecified atom stereocenters. The number of aliphatic hydroxyl groups is 2. The number of unbranched alkanes of at least 4 members (excludes halogenated alkanes) is 54. The Balaban J connectivity index is 3.36. The summed E-state index contributed by atoms with van der Waals surface area (Å²) in [5, 5.41) is 23.4. The fraction of sp³-hybridized carbons (Fsp3) is 0.875. The second kappa shape index (κ2) is 75.3. The molecule has 0 saturated carbocycles. The van der Waals surface area contributed by atoms with Crippen LogP contribution in [0.15, 0.2) is 48.6 Å². The molecule has 0 fully saturated rings. The lowest BCUT2D eigenvalue weighted by Gasteiger charge is -2.22. The molecule has 86 heavy (non-hydrogen) atoms. The zero-order chi connectivity index (χ0) is 62.0. The van der Waals surface area contributed by atoms with Crippen molar-refractivity contribution < 1.29 is 24.5 Å². The number of aliphatic hydroxyl groups excluding tert-OH is 2. The summed E-state index contributed by atoms with van der Waals surface area (Å²) in [6.07, 6.45) is 99.1. The van der Waals surface area contributed by atoms with Crippen molar-refractivity contribution in [3.05, 3.63) is 48.6 Å². The lowest BCUT2D eigenvalue weighted by Crippen LogP contribution is -2.45. The van der Waals surface area contributed by atoms with Gasteiger partial charge in [0.2, 0.25) is 5.91 Å². The Labute approximate surface area is 537 Å². The van der Waals surface area contributed by atoms with Crippen molar-refractivity contribution in [2.24, 2.45) is 0 Å². The number of allylic oxidation sites excluding steroid dienone is 8. The average Bonchev–Trinajstić information content (AvgIpc) is 3.54. The molecule has 0 aliphatic carbocycles. The van der Waals surface area contributed by atoms with Gasteiger partial charge in [-0.15, -0.1) is 0 Å². The van der Waals surface area contributed by atoms with E-state index < -0.39 is 12.1 Å². The van der Waals surface area contributed by atoms with Crippen LogP contribution in [0.5, 0.6) is 0 Å². The van der Waals surface area contributed by atoms with Crippen molar-refractivity contribution in [1.29, 1.82) is 0 Å². The normalized spacial score (nSPS) is 12.7. The predicted molar refractivity (Wildman–Crippen MR) is 379 cm³/mol. The van der Waals surface area contributed by atoms with Gasteiger partial charge in [-0.1, -0.05) is 371 Å². The first-order valence-corrected chi connectivity index (χ1v) is 38.9. The Bertz CT molecular complexity index is 1440. The zero-order valence-corrected chi connectivity index (χ0v) is 58.1. The third-order valence-corrected chi connectivity index (χ3v) is 18.1. The van der Waals surface area contributed by atoms with Gasteiger partial charge >= 0.3 is 5.97 Å². The molecule has 0 radical (unpaired) electrons. The van der Waals surface area contributed by atoms with E-state index in [2.05, 4.69) is 67.8 Å². The maximum atomic E-state index is 12.5. The Kier molecular flexibility index (Phi) is 73.4. The van der Waals surface area contributed by atoms with E-state index in [0.29, 0.717) is 25.9 Å². The van der Waals surface area contributed by atoms with Crippen LogP contribution in [0.2, 0.25) is 0 Å². The van der Waals surface area contributed by atoms with Crippen LogP contribution in [0.25, 0.3) is 0 Å². The van der Waals surface area contributed by atoms with Gasteiger partial charge in [0.25, 0.3) is 0 Å². The Morgan fingerprint density at radius 1 is 0.326 bits per heavy atom. The third kappa shape index (κ3) is 70.9. The highest BCUT2D eigenvalue weighted by atomic mass is 16.5. The summed E-state index contributed by atoms with van der Waals surface area (Å²) in [4.78, 5) is 24.6. The molecule has 3 N–H and O–H groups in total. The topological polar surface area (TPSA) is 95.9 Å². The van der Waals surface area contributed by atoms with Gasteiger partial charge in [-0.05, 0) is 89.9 Å². The Morgan fingerprint density at radius 3 is 0.907 bits per heavy atom. The van der Waals surface area contributed by atoms with Gasteiger partial charge in [0.1, 0.15) is 0 Å². The van der Waals surface area contributed by atoms with Crippen molar-refractivity contribution in [2.45, 2.75) is 437 Å². The van der Waals surface area contributed by atoms with E-state index in [9.17, 15) is 19.8 Å². The lowest BCUT2D eigenvalue weighted by atomic mass is 10.0. The number of rotatable bonds is 73. The molecular weight excluding hydrogens is 1050 g/mol. The summed E-state index contributed by atoms with van der Waals surface area (Å²) in [6, 6.07) is -0.540. The molecular formula is C80H151NO5. The smallest absolute Gasteiger partial charge is 0.305 e. The lowest BCUT2D eigenvalue weighted by molar-refractivity contribution is -0.143. The van der Waals surface area contributed by atoms with Crippen LogP contribution in [0.1, 0.15) is 425 Å². The van der Waals surface area contributed by atoms with Gasteiger partial charge in [0.15, 0.2) is 0 Å². The number of ether oxygens (including phenoxy) is 1. The molecule has 0 saturated heterocycles. The first kappa shape index (κ1) is 83.8. The van der Waals surface area contributed by atoms with E-state index >= 15 is 0 Å². The molecule has 0 heterocycles. The van der Waals surface area contributed by atoms with E-state index in [-0.39, 0.29) is 18.5 Å². The molecule has 0 aromatic rings. The first-order valence-electron chi connectivity index (χ1n) is 38.9. The molecule has 2 atom stereocenters. The van der Waals surface area contributed by atoms with Crippen LogP contribution in [-0.4, -0.2) is 47.4 Å². The highest BCUT2D eigenvalue weighted by Gasteiger charge is 2.20. The van der Waals surface area contributed by atoms with E-state index in [4.69, 9.17) is 4.74 Å².